The third-order valence-electron chi connectivity index (χ3n) is 4.64. The Bertz CT molecular complexity index is 839. The molecule has 3 rings (SSSR count). The topological polar surface area (TPSA) is 0 Å². The summed E-state index contributed by atoms with van der Waals surface area (Å²) in [5, 5.41) is 0. The summed E-state index contributed by atoms with van der Waals surface area (Å²) in [6.07, 6.45) is 3.75. The van der Waals surface area contributed by atoms with Gasteiger partial charge in [0.1, 0.15) is 11.6 Å². The van der Waals surface area contributed by atoms with Crippen LogP contribution in [0.25, 0.3) is 22.3 Å². The standard InChI is InChI=1S/C24H24F2/c1-3-5-17-7-9-19(10-8-17)20-11-13-21(14-12-20)24-22(25)15-18(6-4-2)16-23(24)26/h7-16H,3-6H2,1-2H3. The van der Waals surface area contributed by atoms with Gasteiger partial charge >= 0.3 is 0 Å². The monoisotopic (exact) mass is 350 g/mol. The Labute approximate surface area is 154 Å². The molecule has 0 fully saturated rings. The summed E-state index contributed by atoms with van der Waals surface area (Å²) in [7, 11) is 0. The van der Waals surface area contributed by atoms with Crippen LogP contribution in [0.2, 0.25) is 0 Å². The van der Waals surface area contributed by atoms with Gasteiger partial charge in [0, 0.05) is 0 Å². The van der Waals surface area contributed by atoms with Crippen molar-refractivity contribution in [2.45, 2.75) is 39.5 Å². The zero-order chi connectivity index (χ0) is 18.5. The average Bonchev–Trinajstić information content (AvgIpc) is 2.63. The highest BCUT2D eigenvalue weighted by molar-refractivity contribution is 5.71. The SMILES string of the molecule is CCCc1ccc(-c2ccc(-c3c(F)cc(CCC)cc3F)cc2)cc1. The number of aryl methyl sites for hydroxylation is 2. The summed E-state index contributed by atoms with van der Waals surface area (Å²) in [4.78, 5) is 0. The second kappa shape index (κ2) is 8.27. The van der Waals surface area contributed by atoms with E-state index in [1.54, 1.807) is 12.1 Å². The van der Waals surface area contributed by atoms with Crippen LogP contribution in [0.5, 0.6) is 0 Å². The number of halogens is 2. The minimum Gasteiger partial charge on any atom is -0.206 e. The highest BCUT2D eigenvalue weighted by atomic mass is 19.1. The number of hydrogen-bond donors (Lipinski definition) is 0. The Morgan fingerprint density at radius 2 is 1.00 bits per heavy atom. The maximum absolute atomic E-state index is 14.4. The van der Waals surface area contributed by atoms with E-state index in [-0.39, 0.29) is 5.56 Å². The summed E-state index contributed by atoms with van der Waals surface area (Å²) in [6, 6.07) is 18.8. The molecule has 0 aliphatic heterocycles. The Hall–Kier alpha value is -2.48. The molecule has 0 spiro atoms. The number of hydrogen-bond acceptors (Lipinski definition) is 0. The number of benzene rings is 3. The van der Waals surface area contributed by atoms with E-state index in [0.29, 0.717) is 17.5 Å². The van der Waals surface area contributed by atoms with E-state index in [2.05, 4.69) is 31.2 Å². The molecule has 0 bridgehead atoms. The van der Waals surface area contributed by atoms with E-state index in [1.807, 2.05) is 19.1 Å². The molecule has 0 nitrogen and oxygen atoms in total. The number of rotatable bonds is 6. The molecule has 0 aromatic heterocycles. The molecule has 3 aromatic rings. The molecule has 0 aliphatic rings. The molecule has 0 saturated heterocycles. The van der Waals surface area contributed by atoms with Gasteiger partial charge < -0.3 is 0 Å². The minimum atomic E-state index is -0.495. The Morgan fingerprint density at radius 3 is 1.50 bits per heavy atom. The molecule has 0 unspecified atom stereocenters. The van der Waals surface area contributed by atoms with Crippen molar-refractivity contribution in [3.8, 4) is 22.3 Å². The fraction of sp³-hybridized carbons (Fsp3) is 0.250. The van der Waals surface area contributed by atoms with Crippen molar-refractivity contribution in [3.05, 3.63) is 83.4 Å². The van der Waals surface area contributed by atoms with Gasteiger partial charge in [-0.15, -0.1) is 0 Å². The second-order valence-electron chi connectivity index (χ2n) is 6.71. The first-order valence-electron chi connectivity index (χ1n) is 9.30. The lowest BCUT2D eigenvalue weighted by Crippen LogP contribution is -1.94. The van der Waals surface area contributed by atoms with Crippen LogP contribution >= 0.6 is 0 Å². The van der Waals surface area contributed by atoms with Crippen LogP contribution in [-0.2, 0) is 12.8 Å². The van der Waals surface area contributed by atoms with Crippen LogP contribution < -0.4 is 0 Å². The Kier molecular flexibility index (Phi) is 5.82. The van der Waals surface area contributed by atoms with Crippen molar-refractivity contribution in [2.24, 2.45) is 0 Å². The molecule has 0 radical (unpaired) electrons. The fourth-order valence-corrected chi connectivity index (χ4v) is 3.32. The van der Waals surface area contributed by atoms with Crippen LogP contribution in [0.4, 0.5) is 8.78 Å². The van der Waals surface area contributed by atoms with Crippen molar-refractivity contribution >= 4 is 0 Å². The van der Waals surface area contributed by atoms with E-state index in [4.69, 9.17) is 0 Å². The largest absolute Gasteiger partial charge is 0.206 e. The van der Waals surface area contributed by atoms with Crippen LogP contribution in [0, 0.1) is 11.6 Å². The molecular formula is C24H24F2. The summed E-state index contributed by atoms with van der Waals surface area (Å²) in [6.45, 7) is 4.16. The van der Waals surface area contributed by atoms with Crippen molar-refractivity contribution in [3.63, 3.8) is 0 Å². The first-order chi connectivity index (χ1) is 12.6. The summed E-state index contributed by atoms with van der Waals surface area (Å²) >= 11 is 0. The van der Waals surface area contributed by atoms with Crippen LogP contribution in [0.1, 0.15) is 37.8 Å². The summed E-state index contributed by atoms with van der Waals surface area (Å²) < 4.78 is 28.8. The third-order valence-corrected chi connectivity index (χ3v) is 4.64. The van der Waals surface area contributed by atoms with E-state index >= 15 is 0 Å². The molecule has 0 amide bonds. The fourth-order valence-electron chi connectivity index (χ4n) is 3.32. The first kappa shape index (κ1) is 18.3. The van der Waals surface area contributed by atoms with Crippen molar-refractivity contribution in [2.75, 3.05) is 0 Å². The van der Waals surface area contributed by atoms with Gasteiger partial charge in [0.05, 0.1) is 5.56 Å². The Balaban J connectivity index is 1.88. The molecule has 134 valence electrons. The quantitative estimate of drug-likeness (QED) is 0.441. The van der Waals surface area contributed by atoms with Crippen LogP contribution in [0.3, 0.4) is 0 Å². The van der Waals surface area contributed by atoms with Gasteiger partial charge in [0.15, 0.2) is 0 Å². The summed E-state index contributed by atoms with van der Waals surface area (Å²) in [5.41, 5.74) is 4.79. The molecule has 0 aliphatic carbocycles. The lowest BCUT2D eigenvalue weighted by atomic mass is 9.97. The van der Waals surface area contributed by atoms with Gasteiger partial charge in [0.2, 0.25) is 0 Å². The van der Waals surface area contributed by atoms with E-state index in [9.17, 15) is 8.78 Å². The van der Waals surface area contributed by atoms with Gasteiger partial charge in [-0.05, 0) is 52.8 Å². The van der Waals surface area contributed by atoms with Gasteiger partial charge in [-0.3, -0.25) is 0 Å². The molecule has 26 heavy (non-hydrogen) atoms. The maximum atomic E-state index is 14.4. The highest BCUT2D eigenvalue weighted by Gasteiger charge is 2.13. The predicted molar refractivity (Wildman–Crippen MR) is 105 cm³/mol. The van der Waals surface area contributed by atoms with Gasteiger partial charge in [-0.2, -0.15) is 0 Å². The van der Waals surface area contributed by atoms with E-state index in [1.165, 1.54) is 17.7 Å². The van der Waals surface area contributed by atoms with Crippen molar-refractivity contribution < 1.29 is 8.78 Å². The molecule has 0 N–H and O–H groups in total. The van der Waals surface area contributed by atoms with Gasteiger partial charge in [0.25, 0.3) is 0 Å². The molecule has 0 saturated carbocycles. The van der Waals surface area contributed by atoms with Gasteiger partial charge in [-0.1, -0.05) is 75.2 Å². The first-order valence-corrected chi connectivity index (χ1v) is 9.30. The third kappa shape index (κ3) is 4.01. The zero-order valence-corrected chi connectivity index (χ0v) is 15.4. The molecule has 2 heteroatoms. The maximum Gasteiger partial charge on any atom is 0.134 e. The second-order valence-corrected chi connectivity index (χ2v) is 6.71. The van der Waals surface area contributed by atoms with Crippen LogP contribution in [0.15, 0.2) is 60.7 Å². The predicted octanol–water partition coefficient (Wildman–Crippen LogP) is 7.20. The van der Waals surface area contributed by atoms with Crippen molar-refractivity contribution in [1.29, 1.82) is 0 Å². The molecule has 3 aromatic carbocycles. The molecule has 0 atom stereocenters. The average molecular weight is 350 g/mol. The van der Waals surface area contributed by atoms with Crippen LogP contribution in [-0.4, -0.2) is 0 Å². The zero-order valence-electron chi connectivity index (χ0n) is 15.4. The smallest absolute Gasteiger partial charge is 0.134 e. The normalized spacial score (nSPS) is 10.9. The van der Waals surface area contributed by atoms with E-state index in [0.717, 1.165) is 30.4 Å². The minimum absolute atomic E-state index is 0.0506. The lowest BCUT2D eigenvalue weighted by Gasteiger charge is -2.10. The molecule has 0 heterocycles. The van der Waals surface area contributed by atoms with Gasteiger partial charge in [-0.25, -0.2) is 8.78 Å². The summed E-state index contributed by atoms with van der Waals surface area (Å²) in [5.74, 6) is -0.991. The molecular weight excluding hydrogens is 326 g/mol. The lowest BCUT2D eigenvalue weighted by molar-refractivity contribution is 0.585. The highest BCUT2D eigenvalue weighted by Crippen LogP contribution is 2.30. The van der Waals surface area contributed by atoms with Crippen molar-refractivity contribution in [1.82, 2.24) is 0 Å². The van der Waals surface area contributed by atoms with E-state index < -0.39 is 11.6 Å². The Morgan fingerprint density at radius 1 is 0.577 bits per heavy atom.